The van der Waals surface area contributed by atoms with Crippen molar-refractivity contribution in [1.82, 2.24) is 14.8 Å². The van der Waals surface area contributed by atoms with Crippen molar-refractivity contribution in [3.8, 4) is 0 Å². The molecule has 2 saturated heterocycles. The molecule has 0 bridgehead atoms. The molecule has 3 heterocycles. The minimum Gasteiger partial charge on any atom is -0.329 e. The van der Waals surface area contributed by atoms with Gasteiger partial charge in [-0.15, -0.1) is 0 Å². The minimum absolute atomic E-state index is 0.351. The van der Waals surface area contributed by atoms with Gasteiger partial charge >= 0.3 is 0 Å². The highest BCUT2D eigenvalue weighted by Crippen LogP contribution is 2.26. The third-order valence-corrected chi connectivity index (χ3v) is 4.59. The van der Waals surface area contributed by atoms with E-state index in [2.05, 4.69) is 26.9 Å². The number of rotatable bonds is 3. The summed E-state index contributed by atoms with van der Waals surface area (Å²) in [6.07, 6.45) is 7.72. The number of hydrogen-bond acceptors (Lipinski definition) is 4. The molecular formula is C15H24N4. The van der Waals surface area contributed by atoms with Gasteiger partial charge in [0.05, 0.1) is 0 Å². The van der Waals surface area contributed by atoms with Crippen LogP contribution in [0, 0.1) is 0 Å². The maximum absolute atomic E-state index is 6.05. The van der Waals surface area contributed by atoms with E-state index in [0.29, 0.717) is 12.6 Å². The molecule has 0 saturated carbocycles. The summed E-state index contributed by atoms with van der Waals surface area (Å²) in [5.74, 6) is 0. The third-order valence-electron chi connectivity index (χ3n) is 4.59. The fourth-order valence-corrected chi connectivity index (χ4v) is 3.60. The molecule has 2 unspecified atom stereocenters. The fraction of sp³-hybridized carbons (Fsp3) is 0.667. The molecule has 4 nitrogen and oxygen atoms in total. The highest BCUT2D eigenvalue weighted by atomic mass is 15.3. The molecular weight excluding hydrogens is 236 g/mol. The van der Waals surface area contributed by atoms with Crippen LogP contribution in [0.3, 0.4) is 0 Å². The molecule has 2 aliphatic heterocycles. The normalized spacial score (nSPS) is 26.9. The Bertz CT molecular complexity index is 394. The van der Waals surface area contributed by atoms with E-state index in [1.165, 1.54) is 44.5 Å². The van der Waals surface area contributed by atoms with Crippen molar-refractivity contribution in [2.45, 2.75) is 31.3 Å². The summed E-state index contributed by atoms with van der Waals surface area (Å²) < 4.78 is 0. The Labute approximate surface area is 115 Å². The summed E-state index contributed by atoms with van der Waals surface area (Å²) in [5.41, 5.74) is 7.36. The lowest BCUT2D eigenvalue weighted by Crippen LogP contribution is -2.40. The van der Waals surface area contributed by atoms with E-state index in [1.807, 2.05) is 12.4 Å². The molecule has 19 heavy (non-hydrogen) atoms. The van der Waals surface area contributed by atoms with E-state index in [-0.39, 0.29) is 0 Å². The number of aromatic nitrogens is 1. The van der Waals surface area contributed by atoms with E-state index in [4.69, 9.17) is 5.73 Å². The highest BCUT2D eigenvalue weighted by molar-refractivity contribution is 5.16. The van der Waals surface area contributed by atoms with Crippen LogP contribution < -0.4 is 5.73 Å². The largest absolute Gasteiger partial charge is 0.329 e. The van der Waals surface area contributed by atoms with Crippen LogP contribution in [0.2, 0.25) is 0 Å². The molecule has 3 rings (SSSR count). The fourth-order valence-electron chi connectivity index (χ4n) is 3.60. The SMILES string of the molecule is NCC(c1ccncc1)N1CCCN2CCCC2C1. The van der Waals surface area contributed by atoms with Gasteiger partial charge in [-0.05, 0) is 50.0 Å². The van der Waals surface area contributed by atoms with Crippen molar-refractivity contribution in [2.75, 3.05) is 32.7 Å². The average molecular weight is 260 g/mol. The Morgan fingerprint density at radius 2 is 2.00 bits per heavy atom. The summed E-state index contributed by atoms with van der Waals surface area (Å²) in [6, 6.07) is 5.31. The van der Waals surface area contributed by atoms with Crippen molar-refractivity contribution in [3.63, 3.8) is 0 Å². The zero-order valence-corrected chi connectivity index (χ0v) is 11.5. The Balaban J connectivity index is 1.75. The van der Waals surface area contributed by atoms with Crippen LogP contribution in [-0.4, -0.2) is 53.5 Å². The van der Waals surface area contributed by atoms with Gasteiger partial charge in [0.1, 0.15) is 0 Å². The monoisotopic (exact) mass is 260 g/mol. The summed E-state index contributed by atoms with van der Waals surface area (Å²) >= 11 is 0. The quantitative estimate of drug-likeness (QED) is 0.888. The second-order valence-electron chi connectivity index (χ2n) is 5.71. The van der Waals surface area contributed by atoms with Gasteiger partial charge in [-0.2, -0.15) is 0 Å². The standard InChI is InChI=1S/C15H24N4/c16-11-15(13-4-6-17-7-5-13)19-10-2-9-18-8-1-3-14(18)12-19/h4-7,14-15H,1-3,8-12,16H2. The Morgan fingerprint density at radius 3 is 2.79 bits per heavy atom. The van der Waals surface area contributed by atoms with Crippen LogP contribution in [0.5, 0.6) is 0 Å². The number of nitrogens with zero attached hydrogens (tertiary/aromatic N) is 3. The minimum atomic E-state index is 0.351. The molecule has 0 spiro atoms. The van der Waals surface area contributed by atoms with Gasteiger partial charge in [0, 0.05) is 44.1 Å². The second kappa shape index (κ2) is 5.99. The lowest BCUT2D eigenvalue weighted by molar-refractivity contribution is 0.176. The first kappa shape index (κ1) is 13.0. The molecule has 0 aliphatic carbocycles. The summed E-state index contributed by atoms with van der Waals surface area (Å²) in [7, 11) is 0. The van der Waals surface area contributed by atoms with Gasteiger partial charge in [-0.25, -0.2) is 0 Å². The topological polar surface area (TPSA) is 45.4 Å². The van der Waals surface area contributed by atoms with Gasteiger partial charge in [-0.3, -0.25) is 14.8 Å². The van der Waals surface area contributed by atoms with Crippen LogP contribution in [-0.2, 0) is 0 Å². The predicted octanol–water partition coefficient (Wildman–Crippen LogP) is 1.25. The Hall–Kier alpha value is -0.970. The lowest BCUT2D eigenvalue weighted by atomic mass is 10.1. The van der Waals surface area contributed by atoms with E-state index in [9.17, 15) is 0 Å². The molecule has 1 aromatic heterocycles. The molecule has 4 heteroatoms. The lowest BCUT2D eigenvalue weighted by Gasteiger charge is -2.32. The molecule has 2 fully saturated rings. The average Bonchev–Trinajstić information content (AvgIpc) is 2.79. The van der Waals surface area contributed by atoms with Crippen molar-refractivity contribution < 1.29 is 0 Å². The van der Waals surface area contributed by atoms with Gasteiger partial charge in [0.25, 0.3) is 0 Å². The first-order valence-electron chi connectivity index (χ1n) is 7.46. The number of pyridine rings is 1. The van der Waals surface area contributed by atoms with Crippen LogP contribution in [0.15, 0.2) is 24.5 Å². The van der Waals surface area contributed by atoms with E-state index in [0.717, 1.165) is 12.6 Å². The van der Waals surface area contributed by atoms with Gasteiger partial charge < -0.3 is 5.73 Å². The molecule has 104 valence electrons. The Kier molecular flexibility index (Phi) is 4.11. The zero-order chi connectivity index (χ0) is 13.1. The molecule has 1 aromatic rings. The number of fused-ring (bicyclic) bond motifs is 1. The van der Waals surface area contributed by atoms with Gasteiger partial charge in [0.15, 0.2) is 0 Å². The van der Waals surface area contributed by atoms with Crippen LogP contribution in [0.4, 0.5) is 0 Å². The predicted molar refractivity (Wildman–Crippen MR) is 76.8 cm³/mol. The van der Waals surface area contributed by atoms with E-state index >= 15 is 0 Å². The van der Waals surface area contributed by atoms with Crippen molar-refractivity contribution in [1.29, 1.82) is 0 Å². The van der Waals surface area contributed by atoms with Crippen LogP contribution in [0.1, 0.15) is 30.9 Å². The van der Waals surface area contributed by atoms with Gasteiger partial charge in [-0.1, -0.05) is 0 Å². The first-order chi connectivity index (χ1) is 9.38. The van der Waals surface area contributed by atoms with Crippen molar-refractivity contribution in [3.05, 3.63) is 30.1 Å². The summed E-state index contributed by atoms with van der Waals surface area (Å²) in [4.78, 5) is 9.37. The third kappa shape index (κ3) is 2.81. The summed E-state index contributed by atoms with van der Waals surface area (Å²) in [6.45, 7) is 5.58. The zero-order valence-electron chi connectivity index (χ0n) is 11.5. The molecule has 2 aliphatic rings. The smallest absolute Gasteiger partial charge is 0.0472 e. The van der Waals surface area contributed by atoms with Crippen LogP contribution in [0.25, 0.3) is 0 Å². The van der Waals surface area contributed by atoms with Crippen LogP contribution >= 0.6 is 0 Å². The molecule has 0 radical (unpaired) electrons. The van der Waals surface area contributed by atoms with Crippen molar-refractivity contribution >= 4 is 0 Å². The van der Waals surface area contributed by atoms with Crippen molar-refractivity contribution in [2.24, 2.45) is 5.73 Å². The van der Waals surface area contributed by atoms with E-state index < -0.39 is 0 Å². The molecule has 2 atom stereocenters. The number of hydrogen-bond donors (Lipinski definition) is 1. The van der Waals surface area contributed by atoms with E-state index in [1.54, 1.807) is 0 Å². The maximum atomic E-state index is 6.05. The first-order valence-corrected chi connectivity index (χ1v) is 7.46. The highest BCUT2D eigenvalue weighted by Gasteiger charge is 2.31. The Morgan fingerprint density at radius 1 is 1.21 bits per heavy atom. The molecule has 0 amide bonds. The van der Waals surface area contributed by atoms with Gasteiger partial charge in [0.2, 0.25) is 0 Å². The molecule has 0 aromatic carbocycles. The summed E-state index contributed by atoms with van der Waals surface area (Å²) in [5, 5.41) is 0. The number of nitrogens with two attached hydrogens (primary N) is 1. The second-order valence-corrected chi connectivity index (χ2v) is 5.71. The molecule has 2 N–H and O–H groups in total. The maximum Gasteiger partial charge on any atom is 0.0472 e.